The summed E-state index contributed by atoms with van der Waals surface area (Å²) < 4.78 is 0. The highest BCUT2D eigenvalue weighted by Gasteiger charge is 2.26. The van der Waals surface area contributed by atoms with Crippen molar-refractivity contribution in [2.75, 3.05) is 13.1 Å². The molecule has 2 aromatic carbocycles. The first kappa shape index (κ1) is 28.1. The number of carbonyl (C=O) groups excluding carboxylic acids is 2. The van der Waals surface area contributed by atoms with Gasteiger partial charge in [-0.1, -0.05) is 51.0 Å². The van der Waals surface area contributed by atoms with E-state index in [1.165, 1.54) is 11.1 Å². The Kier molecular flexibility index (Phi) is 7.94. The first-order valence-corrected chi connectivity index (χ1v) is 14.2. The molecule has 1 fully saturated rings. The van der Waals surface area contributed by atoms with E-state index in [0.717, 1.165) is 46.3 Å². The van der Waals surface area contributed by atoms with Crippen LogP contribution in [0.4, 0.5) is 0 Å². The van der Waals surface area contributed by atoms with Crippen LogP contribution in [0.2, 0.25) is 0 Å². The SMILES string of the molecule is CC#CC(=O)N1CCC(c2c[nH]c3ncnc(-c4ccc(CNC(=O)c5ccc(C(C)(C)C)cc5)c(C)c4)c23)CC1. The van der Waals surface area contributed by atoms with Crippen molar-refractivity contribution in [1.82, 2.24) is 25.2 Å². The van der Waals surface area contributed by atoms with Crippen LogP contribution in [0.1, 0.15) is 79.1 Å². The van der Waals surface area contributed by atoms with Gasteiger partial charge in [0.25, 0.3) is 11.8 Å². The summed E-state index contributed by atoms with van der Waals surface area (Å²) in [6.07, 6.45) is 5.38. The number of aromatic amines is 1. The Hall–Kier alpha value is -4.44. The lowest BCUT2D eigenvalue weighted by Gasteiger charge is -2.30. The molecule has 0 aliphatic carbocycles. The summed E-state index contributed by atoms with van der Waals surface area (Å²) in [6.45, 7) is 12.1. The van der Waals surface area contributed by atoms with Gasteiger partial charge in [-0.2, -0.15) is 0 Å². The smallest absolute Gasteiger partial charge is 0.298 e. The number of nitrogens with zero attached hydrogens (tertiary/aromatic N) is 3. The number of rotatable bonds is 5. The van der Waals surface area contributed by atoms with Gasteiger partial charge in [0, 0.05) is 42.3 Å². The maximum atomic E-state index is 12.8. The molecule has 0 bridgehead atoms. The number of nitrogens with one attached hydrogen (secondary N) is 2. The molecule has 0 atom stereocenters. The first-order chi connectivity index (χ1) is 19.7. The molecular formula is C34H37N5O2. The van der Waals surface area contributed by atoms with E-state index >= 15 is 0 Å². The normalized spacial score (nSPS) is 14.0. The van der Waals surface area contributed by atoms with Crippen molar-refractivity contribution in [2.45, 2.75) is 65.3 Å². The zero-order valence-electron chi connectivity index (χ0n) is 24.5. The molecule has 2 N–H and O–H groups in total. The van der Waals surface area contributed by atoms with Gasteiger partial charge < -0.3 is 15.2 Å². The average Bonchev–Trinajstić information content (AvgIpc) is 3.41. The number of piperidine rings is 1. The van der Waals surface area contributed by atoms with Gasteiger partial charge >= 0.3 is 0 Å². The molecule has 3 heterocycles. The minimum absolute atomic E-state index is 0.0478. The fourth-order valence-corrected chi connectivity index (χ4v) is 5.55. The Morgan fingerprint density at radius 2 is 1.80 bits per heavy atom. The van der Waals surface area contributed by atoms with Crippen molar-refractivity contribution in [3.05, 3.63) is 82.8 Å². The van der Waals surface area contributed by atoms with Crippen molar-refractivity contribution in [3.63, 3.8) is 0 Å². The lowest BCUT2D eigenvalue weighted by atomic mass is 9.87. The summed E-state index contributed by atoms with van der Waals surface area (Å²) in [5.74, 6) is 5.48. The van der Waals surface area contributed by atoms with Crippen LogP contribution in [-0.4, -0.2) is 44.8 Å². The van der Waals surface area contributed by atoms with Crippen molar-refractivity contribution in [2.24, 2.45) is 0 Å². The summed E-state index contributed by atoms with van der Waals surface area (Å²) in [6, 6.07) is 14.1. The highest BCUT2D eigenvalue weighted by Crippen LogP contribution is 2.37. The molecule has 2 aromatic heterocycles. The summed E-state index contributed by atoms with van der Waals surface area (Å²) in [7, 11) is 0. The summed E-state index contributed by atoms with van der Waals surface area (Å²) >= 11 is 0. The number of benzene rings is 2. The number of amides is 2. The number of H-pyrrole nitrogens is 1. The third-order valence-electron chi connectivity index (χ3n) is 8.02. The number of hydrogen-bond acceptors (Lipinski definition) is 4. The van der Waals surface area contributed by atoms with Crippen LogP contribution in [0, 0.1) is 18.8 Å². The fraction of sp³-hybridized carbons (Fsp3) is 0.353. The van der Waals surface area contributed by atoms with Gasteiger partial charge in [-0.05, 0) is 84.4 Å². The molecule has 1 aliphatic heterocycles. The molecule has 210 valence electrons. The Morgan fingerprint density at radius 3 is 2.46 bits per heavy atom. The highest BCUT2D eigenvalue weighted by molar-refractivity contribution is 5.95. The summed E-state index contributed by atoms with van der Waals surface area (Å²) in [4.78, 5) is 39.4. The zero-order valence-corrected chi connectivity index (χ0v) is 24.5. The van der Waals surface area contributed by atoms with Crippen molar-refractivity contribution >= 4 is 22.8 Å². The molecule has 7 nitrogen and oxygen atoms in total. The van der Waals surface area contributed by atoms with Crippen LogP contribution >= 0.6 is 0 Å². The Bertz CT molecular complexity index is 1640. The van der Waals surface area contributed by atoms with Gasteiger partial charge in [-0.15, -0.1) is 0 Å². The highest BCUT2D eigenvalue weighted by atomic mass is 16.2. The minimum Gasteiger partial charge on any atom is -0.348 e. The summed E-state index contributed by atoms with van der Waals surface area (Å²) in [5, 5.41) is 4.10. The van der Waals surface area contributed by atoms with E-state index in [1.807, 2.05) is 35.4 Å². The van der Waals surface area contributed by atoms with E-state index in [4.69, 9.17) is 4.98 Å². The number of likely N-dealkylation sites (tertiary alicyclic amines) is 1. The monoisotopic (exact) mass is 547 g/mol. The van der Waals surface area contributed by atoms with Crippen LogP contribution in [0.5, 0.6) is 0 Å². The van der Waals surface area contributed by atoms with Crippen LogP contribution < -0.4 is 5.32 Å². The van der Waals surface area contributed by atoms with Crippen LogP contribution in [0.15, 0.2) is 55.0 Å². The molecule has 41 heavy (non-hydrogen) atoms. The third kappa shape index (κ3) is 6.02. The van der Waals surface area contributed by atoms with E-state index in [9.17, 15) is 9.59 Å². The van der Waals surface area contributed by atoms with Gasteiger partial charge in [0.05, 0.1) is 5.69 Å². The van der Waals surface area contributed by atoms with Crippen LogP contribution in [0.3, 0.4) is 0 Å². The minimum atomic E-state index is -0.0981. The Labute approximate surface area is 241 Å². The predicted molar refractivity (Wildman–Crippen MR) is 162 cm³/mol. The largest absolute Gasteiger partial charge is 0.348 e. The molecule has 5 rings (SSSR count). The van der Waals surface area contributed by atoms with Crippen LogP contribution in [-0.2, 0) is 16.8 Å². The van der Waals surface area contributed by atoms with Gasteiger partial charge in [0.2, 0.25) is 0 Å². The maximum Gasteiger partial charge on any atom is 0.298 e. The van der Waals surface area contributed by atoms with E-state index in [-0.39, 0.29) is 17.2 Å². The Morgan fingerprint density at radius 1 is 1.07 bits per heavy atom. The predicted octanol–water partition coefficient (Wildman–Crippen LogP) is 5.89. The summed E-state index contributed by atoms with van der Waals surface area (Å²) in [5.41, 5.74) is 7.94. The molecule has 0 saturated carbocycles. The van der Waals surface area contributed by atoms with Gasteiger partial charge in [0.1, 0.15) is 12.0 Å². The third-order valence-corrected chi connectivity index (χ3v) is 8.02. The second kappa shape index (κ2) is 11.6. The second-order valence-corrected chi connectivity index (χ2v) is 11.8. The first-order valence-electron chi connectivity index (χ1n) is 14.2. The molecular weight excluding hydrogens is 510 g/mol. The number of hydrogen-bond donors (Lipinski definition) is 2. The molecule has 1 aliphatic rings. The van der Waals surface area contributed by atoms with Crippen LogP contribution in [0.25, 0.3) is 22.3 Å². The van der Waals surface area contributed by atoms with E-state index in [2.05, 4.69) is 73.0 Å². The molecule has 0 radical (unpaired) electrons. The lowest BCUT2D eigenvalue weighted by molar-refractivity contribution is -0.126. The zero-order chi connectivity index (χ0) is 29.1. The lowest BCUT2D eigenvalue weighted by Crippen LogP contribution is -2.37. The average molecular weight is 548 g/mol. The molecule has 4 aromatic rings. The molecule has 0 unspecified atom stereocenters. The number of aromatic nitrogens is 3. The van der Waals surface area contributed by atoms with E-state index < -0.39 is 0 Å². The number of carbonyl (C=O) groups is 2. The van der Waals surface area contributed by atoms with Crippen molar-refractivity contribution < 1.29 is 9.59 Å². The molecule has 0 spiro atoms. The second-order valence-electron chi connectivity index (χ2n) is 11.8. The Balaban J connectivity index is 1.32. The fourth-order valence-electron chi connectivity index (χ4n) is 5.55. The quantitative estimate of drug-likeness (QED) is 0.305. The van der Waals surface area contributed by atoms with Gasteiger partial charge in [0.15, 0.2) is 0 Å². The maximum absolute atomic E-state index is 12.8. The molecule has 1 saturated heterocycles. The van der Waals surface area contributed by atoms with Gasteiger partial charge in [-0.25, -0.2) is 9.97 Å². The molecule has 2 amide bonds. The molecule has 7 heteroatoms. The van der Waals surface area contributed by atoms with E-state index in [1.54, 1.807) is 13.3 Å². The van der Waals surface area contributed by atoms with Crippen molar-refractivity contribution in [1.29, 1.82) is 0 Å². The topological polar surface area (TPSA) is 91.0 Å². The number of aryl methyl sites for hydroxylation is 1. The van der Waals surface area contributed by atoms with Gasteiger partial charge in [-0.3, -0.25) is 9.59 Å². The van der Waals surface area contributed by atoms with Crippen molar-refractivity contribution in [3.8, 4) is 23.1 Å². The standard InChI is InChI=1S/C34H37N5O2/c1-6-7-29(40)39-16-14-23(15-17-39)28-20-35-32-30(28)31(37-21-38-32)25-8-9-26(22(2)18-25)19-36-33(41)24-10-12-27(13-11-24)34(3,4)5/h8-13,18,20-21,23H,14-17,19H2,1-5H3,(H,36,41)(H,35,37,38). The van der Waals surface area contributed by atoms with E-state index in [0.29, 0.717) is 31.1 Å². The number of fused-ring (bicyclic) bond motifs is 1.